The van der Waals surface area contributed by atoms with Crippen LogP contribution in [-0.2, 0) is 0 Å². The van der Waals surface area contributed by atoms with Gasteiger partial charge in [-0.05, 0) is 52.0 Å². The zero-order chi connectivity index (χ0) is 27.8. The van der Waals surface area contributed by atoms with Crippen LogP contribution < -0.4 is 21.3 Å². The van der Waals surface area contributed by atoms with E-state index in [-0.39, 0.29) is 28.9 Å². The van der Waals surface area contributed by atoms with Gasteiger partial charge in [-0.25, -0.2) is 18.7 Å². The molecule has 2 aromatic carbocycles. The number of carbonyl (C=O) groups excluding carboxylic acids is 1. The van der Waals surface area contributed by atoms with Crippen molar-refractivity contribution < 1.29 is 13.9 Å². The van der Waals surface area contributed by atoms with Gasteiger partial charge in [0.2, 0.25) is 5.88 Å². The molecule has 0 saturated carbocycles. The van der Waals surface area contributed by atoms with Crippen molar-refractivity contribution in [3.8, 4) is 17.3 Å². The highest BCUT2D eigenvalue weighted by molar-refractivity contribution is 6.03. The van der Waals surface area contributed by atoms with E-state index < -0.39 is 23.0 Å². The molecule has 0 fully saturated rings. The molecule has 0 aliphatic heterocycles. The molecule has 0 aliphatic carbocycles. The third-order valence-electron chi connectivity index (χ3n) is 6.07. The molecule has 0 spiro atoms. The third kappa shape index (κ3) is 4.93. The van der Waals surface area contributed by atoms with Crippen LogP contribution >= 0.6 is 0 Å². The fourth-order valence-corrected chi connectivity index (χ4v) is 4.07. The smallest absolute Gasteiger partial charge is 0.335 e. The fraction of sp³-hybridized carbons (Fsp3) is 0.179. The molecule has 0 aliphatic rings. The van der Waals surface area contributed by atoms with Gasteiger partial charge in [-0.2, -0.15) is 9.61 Å². The van der Waals surface area contributed by atoms with E-state index in [1.54, 1.807) is 63.4 Å². The summed E-state index contributed by atoms with van der Waals surface area (Å²) in [4.78, 5) is 43.9. The first-order valence-corrected chi connectivity index (χ1v) is 12.2. The van der Waals surface area contributed by atoms with E-state index in [9.17, 15) is 14.4 Å². The minimum absolute atomic E-state index is 0.0921. The number of benzene rings is 2. The van der Waals surface area contributed by atoms with Crippen LogP contribution in [0.2, 0.25) is 0 Å². The van der Waals surface area contributed by atoms with Crippen LogP contribution in [0.25, 0.3) is 11.3 Å². The number of nitrogens with one attached hydrogen (secondary N) is 1. The van der Waals surface area contributed by atoms with Gasteiger partial charge in [-0.3, -0.25) is 14.2 Å². The maximum atomic E-state index is 15.0. The summed E-state index contributed by atoms with van der Waals surface area (Å²) in [6.07, 6.45) is 2.78. The number of anilines is 1. The lowest BCUT2D eigenvalue weighted by molar-refractivity contribution is 0.102. The molecule has 0 saturated heterocycles. The summed E-state index contributed by atoms with van der Waals surface area (Å²) in [6.45, 7) is 7.20. The fourth-order valence-electron chi connectivity index (χ4n) is 4.07. The Hall–Kier alpha value is -5.06. The first-order valence-electron chi connectivity index (χ1n) is 12.2. The number of ether oxygens (including phenoxy) is 1. The van der Waals surface area contributed by atoms with Crippen LogP contribution in [0.5, 0.6) is 11.6 Å². The highest BCUT2D eigenvalue weighted by Crippen LogP contribution is 2.27. The Morgan fingerprint density at radius 2 is 1.77 bits per heavy atom. The molecular weight excluding hydrogens is 503 g/mol. The van der Waals surface area contributed by atoms with Gasteiger partial charge < -0.3 is 10.1 Å². The number of aromatic nitrogens is 5. The molecule has 0 radical (unpaired) electrons. The lowest BCUT2D eigenvalue weighted by Gasteiger charge is -2.16. The van der Waals surface area contributed by atoms with Gasteiger partial charge in [-0.1, -0.05) is 17.7 Å². The topological polar surface area (TPSA) is 113 Å². The van der Waals surface area contributed by atoms with E-state index in [4.69, 9.17) is 4.74 Å². The summed E-state index contributed by atoms with van der Waals surface area (Å²) in [5.41, 5.74) is 0.990. The van der Waals surface area contributed by atoms with Gasteiger partial charge in [-0.15, -0.1) is 0 Å². The lowest BCUT2D eigenvalue weighted by Crippen LogP contribution is -2.42. The molecule has 5 aromatic rings. The maximum absolute atomic E-state index is 15.0. The van der Waals surface area contributed by atoms with Crippen molar-refractivity contribution in [2.75, 3.05) is 5.32 Å². The molecule has 198 valence electrons. The molecule has 0 atom stereocenters. The van der Waals surface area contributed by atoms with Gasteiger partial charge >= 0.3 is 5.69 Å². The summed E-state index contributed by atoms with van der Waals surface area (Å²) in [6, 6.07) is 13.7. The summed E-state index contributed by atoms with van der Waals surface area (Å²) in [7, 11) is 0. The van der Waals surface area contributed by atoms with Crippen LogP contribution in [0.4, 0.5) is 10.1 Å². The van der Waals surface area contributed by atoms with Gasteiger partial charge in [0.25, 0.3) is 11.5 Å². The number of aryl methyl sites for hydroxylation is 2. The van der Waals surface area contributed by atoms with Gasteiger partial charge in [0.15, 0.2) is 17.2 Å². The molecule has 5 rings (SSSR count). The Morgan fingerprint density at radius 3 is 2.46 bits per heavy atom. The predicted octanol–water partition coefficient (Wildman–Crippen LogP) is 4.42. The summed E-state index contributed by atoms with van der Waals surface area (Å²) in [5.74, 6) is -1.35. The number of halogens is 1. The van der Waals surface area contributed by atoms with E-state index >= 15 is 4.39 Å². The van der Waals surface area contributed by atoms with Crippen LogP contribution in [0.1, 0.15) is 41.5 Å². The second kappa shape index (κ2) is 10.0. The summed E-state index contributed by atoms with van der Waals surface area (Å²) < 4.78 is 24.4. The lowest BCUT2D eigenvalue weighted by atomic mass is 10.2. The van der Waals surface area contributed by atoms with Crippen molar-refractivity contribution in [3.05, 3.63) is 110 Å². The summed E-state index contributed by atoms with van der Waals surface area (Å²) in [5, 5.41) is 6.69. The van der Waals surface area contributed by atoms with Gasteiger partial charge in [0, 0.05) is 41.8 Å². The van der Waals surface area contributed by atoms with E-state index in [0.717, 1.165) is 16.2 Å². The van der Waals surface area contributed by atoms with Crippen LogP contribution in [-0.4, -0.2) is 29.6 Å². The van der Waals surface area contributed by atoms with Crippen molar-refractivity contribution in [1.82, 2.24) is 23.7 Å². The number of nitrogens with zero attached hydrogens (tertiary/aromatic N) is 5. The van der Waals surface area contributed by atoms with Gasteiger partial charge in [0.1, 0.15) is 5.56 Å². The summed E-state index contributed by atoms with van der Waals surface area (Å²) >= 11 is 0. The van der Waals surface area contributed by atoms with Crippen molar-refractivity contribution >= 4 is 17.2 Å². The van der Waals surface area contributed by atoms with Gasteiger partial charge in [0.05, 0.1) is 11.9 Å². The zero-order valence-corrected chi connectivity index (χ0v) is 21.7. The Balaban J connectivity index is 1.46. The Bertz CT molecular complexity index is 1840. The average Bonchev–Trinajstić information content (AvgIpc) is 3.35. The van der Waals surface area contributed by atoms with E-state index in [1.165, 1.54) is 27.4 Å². The molecule has 0 bridgehead atoms. The standard InChI is InChI=1S/C28H25FN6O4/c1-16(2)33-15-21(27(37)34(28(33)38)20-8-5-17(3)6-9-20)26(36)32-19-7-10-23(22(29)14-19)39-25-13-18(4)31-24-11-12-30-35(24)25/h5-16H,1-4H3,(H,32,36). The molecule has 3 heterocycles. The third-order valence-corrected chi connectivity index (χ3v) is 6.07. The highest BCUT2D eigenvalue weighted by Gasteiger charge is 2.20. The van der Waals surface area contributed by atoms with E-state index in [0.29, 0.717) is 17.0 Å². The van der Waals surface area contributed by atoms with Crippen molar-refractivity contribution in [3.63, 3.8) is 0 Å². The quantitative estimate of drug-likeness (QED) is 0.349. The van der Waals surface area contributed by atoms with Crippen LogP contribution in [0.15, 0.2) is 76.6 Å². The Kier molecular flexibility index (Phi) is 6.57. The molecule has 1 amide bonds. The largest absolute Gasteiger partial charge is 0.436 e. The normalized spacial score (nSPS) is 11.2. The predicted molar refractivity (Wildman–Crippen MR) is 144 cm³/mol. The number of carbonyl (C=O) groups is 1. The number of fused-ring (bicyclic) bond motifs is 1. The van der Waals surface area contributed by atoms with Crippen molar-refractivity contribution in [1.29, 1.82) is 0 Å². The number of hydrogen-bond acceptors (Lipinski definition) is 6. The molecule has 1 N–H and O–H groups in total. The van der Waals surface area contributed by atoms with Crippen LogP contribution in [0.3, 0.4) is 0 Å². The highest BCUT2D eigenvalue weighted by atomic mass is 19.1. The van der Waals surface area contributed by atoms with E-state index in [1.807, 2.05) is 6.92 Å². The average molecular weight is 529 g/mol. The Morgan fingerprint density at radius 1 is 1.03 bits per heavy atom. The first-order chi connectivity index (χ1) is 18.6. The molecule has 39 heavy (non-hydrogen) atoms. The maximum Gasteiger partial charge on any atom is 0.335 e. The molecular formula is C28H25FN6O4. The second-order valence-corrected chi connectivity index (χ2v) is 9.34. The zero-order valence-electron chi connectivity index (χ0n) is 21.7. The Labute approximate surface area is 221 Å². The molecule has 10 nitrogen and oxygen atoms in total. The molecule has 11 heteroatoms. The SMILES string of the molecule is Cc1ccc(-n2c(=O)c(C(=O)Nc3ccc(Oc4cc(C)nc5ccnn45)c(F)c3)cn(C(C)C)c2=O)cc1. The monoisotopic (exact) mass is 528 g/mol. The molecule has 0 unspecified atom stereocenters. The number of rotatable bonds is 6. The number of amides is 1. The van der Waals surface area contributed by atoms with Crippen LogP contribution in [0, 0.1) is 19.7 Å². The second-order valence-electron chi connectivity index (χ2n) is 9.34. The minimum atomic E-state index is -0.786. The van der Waals surface area contributed by atoms with Crippen molar-refractivity contribution in [2.45, 2.75) is 33.7 Å². The molecule has 3 aromatic heterocycles. The van der Waals surface area contributed by atoms with Crippen molar-refractivity contribution in [2.24, 2.45) is 0 Å². The first kappa shape index (κ1) is 25.6. The number of hydrogen-bond donors (Lipinski definition) is 1. The minimum Gasteiger partial charge on any atom is -0.436 e. The van der Waals surface area contributed by atoms with E-state index in [2.05, 4.69) is 15.4 Å².